The van der Waals surface area contributed by atoms with Crippen molar-refractivity contribution in [2.75, 3.05) is 19.5 Å². The van der Waals surface area contributed by atoms with E-state index in [9.17, 15) is 4.21 Å². The summed E-state index contributed by atoms with van der Waals surface area (Å²) in [5.41, 5.74) is 1.95. The Morgan fingerprint density at radius 2 is 1.93 bits per heavy atom. The highest BCUT2D eigenvalue weighted by atomic mass is 32.2. The molecule has 9 nitrogen and oxygen atoms in total. The molecule has 1 aromatic carbocycles. The number of hydrogen-bond donors (Lipinski definition) is 3. The minimum atomic E-state index is -1.31. The van der Waals surface area contributed by atoms with Crippen molar-refractivity contribution in [1.82, 2.24) is 24.7 Å². The number of fused-ring (bicyclic) bond motifs is 1. The first-order valence-electron chi connectivity index (χ1n) is 9.51. The molecule has 1 atom stereocenters. The van der Waals surface area contributed by atoms with E-state index in [4.69, 9.17) is 9.47 Å². The summed E-state index contributed by atoms with van der Waals surface area (Å²) in [6.45, 7) is 0. The first-order valence-corrected chi connectivity index (χ1v) is 10.7. The van der Waals surface area contributed by atoms with Gasteiger partial charge in [-0.1, -0.05) is 0 Å². The van der Waals surface area contributed by atoms with E-state index < -0.39 is 11.0 Å². The molecule has 2 aromatic heterocycles. The summed E-state index contributed by atoms with van der Waals surface area (Å²) in [7, 11) is 2.10. The van der Waals surface area contributed by atoms with E-state index in [2.05, 4.69) is 30.0 Å². The molecule has 29 heavy (non-hydrogen) atoms. The molecule has 0 bridgehead atoms. The fraction of sp³-hybridized carbons (Fsp3) is 0.421. The van der Waals surface area contributed by atoms with Gasteiger partial charge in [-0.15, -0.1) is 0 Å². The molecule has 0 amide bonds. The summed E-state index contributed by atoms with van der Waals surface area (Å²) in [6.07, 6.45) is 7.26. The topological polar surface area (TPSA) is 114 Å². The number of aromatic nitrogens is 4. The lowest BCUT2D eigenvalue weighted by Crippen LogP contribution is -2.27. The van der Waals surface area contributed by atoms with Gasteiger partial charge in [0.1, 0.15) is 28.6 Å². The third kappa shape index (κ3) is 4.39. The molecule has 0 aliphatic heterocycles. The highest BCUT2D eigenvalue weighted by molar-refractivity contribution is 7.83. The molecule has 1 aliphatic rings. The SMILES string of the molecule is CNS(=O)c1ccc(OC2CCC(OC)CC2)c(Nc2ncnc3nc[nH]c23)c1. The van der Waals surface area contributed by atoms with E-state index >= 15 is 0 Å². The monoisotopic (exact) mass is 416 g/mol. The maximum Gasteiger partial charge on any atom is 0.182 e. The zero-order valence-corrected chi connectivity index (χ0v) is 17.2. The second kappa shape index (κ2) is 8.85. The number of H-pyrrole nitrogens is 1. The van der Waals surface area contributed by atoms with Crippen LogP contribution in [0.3, 0.4) is 0 Å². The average Bonchev–Trinajstić information content (AvgIpc) is 3.25. The zero-order chi connectivity index (χ0) is 20.2. The Morgan fingerprint density at radius 1 is 1.14 bits per heavy atom. The quantitative estimate of drug-likeness (QED) is 0.542. The first kappa shape index (κ1) is 19.7. The Kier molecular flexibility index (Phi) is 6.02. The number of nitrogens with zero attached hydrogens (tertiary/aromatic N) is 3. The van der Waals surface area contributed by atoms with E-state index in [0.29, 0.717) is 39.4 Å². The summed E-state index contributed by atoms with van der Waals surface area (Å²) in [5, 5.41) is 3.30. The number of imidazole rings is 1. The van der Waals surface area contributed by atoms with Gasteiger partial charge in [0.15, 0.2) is 11.5 Å². The summed E-state index contributed by atoms with van der Waals surface area (Å²) >= 11 is 0. The fourth-order valence-electron chi connectivity index (χ4n) is 3.50. The van der Waals surface area contributed by atoms with E-state index in [1.807, 2.05) is 12.1 Å². The number of hydrogen-bond acceptors (Lipinski definition) is 7. The van der Waals surface area contributed by atoms with Gasteiger partial charge in [0, 0.05) is 7.11 Å². The fourth-order valence-corrected chi connectivity index (χ4v) is 4.15. The number of ether oxygens (including phenoxy) is 2. The van der Waals surface area contributed by atoms with Crippen LogP contribution in [0.2, 0.25) is 0 Å². The van der Waals surface area contributed by atoms with Gasteiger partial charge in [-0.2, -0.15) is 0 Å². The van der Waals surface area contributed by atoms with Gasteiger partial charge in [0.25, 0.3) is 0 Å². The summed E-state index contributed by atoms with van der Waals surface area (Å²) < 4.78 is 26.7. The van der Waals surface area contributed by atoms with Crippen LogP contribution in [0.5, 0.6) is 5.75 Å². The van der Waals surface area contributed by atoms with Crippen molar-refractivity contribution in [3.8, 4) is 5.75 Å². The molecule has 0 saturated heterocycles. The number of methoxy groups -OCH3 is 1. The van der Waals surface area contributed by atoms with Crippen molar-refractivity contribution in [2.24, 2.45) is 0 Å². The molecule has 1 unspecified atom stereocenters. The Morgan fingerprint density at radius 3 is 2.69 bits per heavy atom. The molecule has 1 aliphatic carbocycles. The van der Waals surface area contributed by atoms with E-state index in [-0.39, 0.29) is 6.10 Å². The lowest BCUT2D eigenvalue weighted by Gasteiger charge is -2.29. The van der Waals surface area contributed by atoms with Gasteiger partial charge in [-0.25, -0.2) is 23.9 Å². The molecule has 154 valence electrons. The molecular formula is C19H24N6O3S. The number of benzene rings is 1. The van der Waals surface area contributed by atoms with Crippen LogP contribution in [0.4, 0.5) is 11.5 Å². The number of rotatable bonds is 7. The van der Waals surface area contributed by atoms with Crippen molar-refractivity contribution in [1.29, 1.82) is 0 Å². The summed E-state index contributed by atoms with van der Waals surface area (Å²) in [4.78, 5) is 16.3. The minimum absolute atomic E-state index is 0.111. The maximum atomic E-state index is 12.2. The van der Waals surface area contributed by atoms with Gasteiger partial charge in [0.2, 0.25) is 0 Å². The second-order valence-electron chi connectivity index (χ2n) is 6.83. The second-order valence-corrected chi connectivity index (χ2v) is 8.25. The third-order valence-electron chi connectivity index (χ3n) is 5.07. The Hall–Kier alpha value is -2.56. The smallest absolute Gasteiger partial charge is 0.182 e. The molecule has 0 spiro atoms. The molecular weight excluding hydrogens is 392 g/mol. The largest absolute Gasteiger partial charge is 0.488 e. The van der Waals surface area contributed by atoms with E-state index in [1.165, 1.54) is 6.33 Å². The van der Waals surface area contributed by atoms with Gasteiger partial charge < -0.3 is 19.8 Å². The predicted octanol–water partition coefficient (Wildman–Crippen LogP) is 2.67. The van der Waals surface area contributed by atoms with Crippen LogP contribution in [-0.2, 0) is 15.7 Å². The van der Waals surface area contributed by atoms with Crippen LogP contribution in [0.15, 0.2) is 35.7 Å². The molecule has 0 radical (unpaired) electrons. The van der Waals surface area contributed by atoms with Crippen LogP contribution in [0.1, 0.15) is 25.7 Å². The average molecular weight is 417 g/mol. The summed E-state index contributed by atoms with van der Waals surface area (Å²) in [5.74, 6) is 1.27. The standard InChI is InChI=1S/C19H24N6O3S/c1-20-29(26)14-7-8-16(28-13-5-3-12(27-2)4-6-13)15(9-14)25-19-17-18(22-10-21-17)23-11-24-19/h7-13,20H,3-6H2,1-2H3,(H2,21,22,23,24,25). The lowest BCUT2D eigenvalue weighted by molar-refractivity contribution is 0.0329. The van der Waals surface area contributed by atoms with Gasteiger partial charge in [-0.05, 0) is 50.9 Å². The van der Waals surface area contributed by atoms with Crippen molar-refractivity contribution in [2.45, 2.75) is 42.8 Å². The third-order valence-corrected chi connectivity index (χ3v) is 6.13. The van der Waals surface area contributed by atoms with Crippen LogP contribution in [-0.4, -0.2) is 50.5 Å². The van der Waals surface area contributed by atoms with Crippen molar-refractivity contribution >= 4 is 33.7 Å². The summed E-state index contributed by atoms with van der Waals surface area (Å²) in [6, 6.07) is 5.47. The van der Waals surface area contributed by atoms with Crippen LogP contribution < -0.4 is 14.8 Å². The molecule has 10 heteroatoms. The molecule has 2 heterocycles. The highest BCUT2D eigenvalue weighted by Crippen LogP contribution is 2.34. The van der Waals surface area contributed by atoms with Gasteiger partial charge >= 0.3 is 0 Å². The molecule has 3 N–H and O–H groups in total. The highest BCUT2D eigenvalue weighted by Gasteiger charge is 2.23. The number of nitrogens with one attached hydrogen (secondary N) is 3. The van der Waals surface area contributed by atoms with Crippen molar-refractivity contribution in [3.63, 3.8) is 0 Å². The maximum absolute atomic E-state index is 12.2. The molecule has 1 fully saturated rings. The van der Waals surface area contributed by atoms with E-state index in [1.54, 1.807) is 26.6 Å². The Balaban J connectivity index is 1.62. The number of anilines is 2. The molecule has 3 aromatic rings. The van der Waals surface area contributed by atoms with Gasteiger partial charge in [-0.3, -0.25) is 0 Å². The predicted molar refractivity (Wildman–Crippen MR) is 111 cm³/mol. The zero-order valence-electron chi connectivity index (χ0n) is 16.3. The lowest BCUT2D eigenvalue weighted by atomic mass is 9.95. The van der Waals surface area contributed by atoms with Crippen LogP contribution >= 0.6 is 0 Å². The van der Waals surface area contributed by atoms with Crippen LogP contribution in [0, 0.1) is 0 Å². The first-order chi connectivity index (χ1) is 14.2. The van der Waals surface area contributed by atoms with E-state index in [0.717, 1.165) is 25.7 Å². The van der Waals surface area contributed by atoms with Crippen molar-refractivity contribution < 1.29 is 13.7 Å². The Bertz CT molecular complexity index is 1000. The minimum Gasteiger partial charge on any atom is -0.488 e. The van der Waals surface area contributed by atoms with Gasteiger partial charge in [0.05, 0.1) is 29.1 Å². The Labute approximate surface area is 171 Å². The normalized spacial score (nSPS) is 20.5. The molecule has 1 saturated carbocycles. The molecule has 4 rings (SSSR count). The van der Waals surface area contributed by atoms with Crippen molar-refractivity contribution in [3.05, 3.63) is 30.9 Å². The number of aromatic amines is 1. The van der Waals surface area contributed by atoms with Crippen LogP contribution in [0.25, 0.3) is 11.2 Å².